The second-order valence-corrected chi connectivity index (χ2v) is 2.78. The summed E-state index contributed by atoms with van der Waals surface area (Å²) in [6.45, 7) is 0. The van der Waals surface area contributed by atoms with Gasteiger partial charge in [-0.3, -0.25) is 4.79 Å². The first-order valence-corrected chi connectivity index (χ1v) is 3.56. The van der Waals surface area contributed by atoms with Crippen LogP contribution in [-0.2, 0) is 9.53 Å². The Morgan fingerprint density at radius 1 is 1.64 bits per heavy atom. The lowest BCUT2D eigenvalue weighted by Gasteiger charge is -2.32. The predicted molar refractivity (Wildman–Crippen MR) is 44.6 cm³/mol. The number of carbonyl (C=O) groups excluding carboxylic acids is 1. The Morgan fingerprint density at radius 2 is 2.27 bits per heavy atom. The summed E-state index contributed by atoms with van der Waals surface area (Å²) in [5.74, 6) is 0.243. The highest BCUT2D eigenvalue weighted by Crippen LogP contribution is 2.28. The molecule has 0 aromatic carbocycles. The van der Waals surface area contributed by atoms with Crippen LogP contribution in [0.4, 0.5) is 0 Å². The zero-order chi connectivity index (χ0) is 7.56. The van der Waals surface area contributed by atoms with Crippen LogP contribution in [0, 0.1) is 5.92 Å². The standard InChI is InChI=1S/C7H13NO2.ClH/c1-10-7(9)4-5-2-3-6(5)8;/h5-6H,2-4,8H2,1H3;1H. The van der Waals surface area contributed by atoms with Crippen molar-refractivity contribution in [1.29, 1.82) is 0 Å². The molecule has 11 heavy (non-hydrogen) atoms. The zero-order valence-corrected chi connectivity index (χ0v) is 7.39. The van der Waals surface area contributed by atoms with Gasteiger partial charge in [0, 0.05) is 12.5 Å². The molecule has 0 spiro atoms. The molecule has 1 fully saturated rings. The number of nitrogens with two attached hydrogens (primary N) is 1. The fraction of sp³-hybridized carbons (Fsp3) is 0.857. The van der Waals surface area contributed by atoms with Gasteiger partial charge in [-0.25, -0.2) is 0 Å². The van der Waals surface area contributed by atoms with Crippen molar-refractivity contribution < 1.29 is 9.53 Å². The van der Waals surface area contributed by atoms with Crippen molar-refractivity contribution in [3.63, 3.8) is 0 Å². The average Bonchev–Trinajstić information content (AvgIpc) is 1.96. The Labute approximate surface area is 72.7 Å². The van der Waals surface area contributed by atoms with Crippen molar-refractivity contribution >= 4 is 18.4 Å². The fourth-order valence-corrected chi connectivity index (χ4v) is 1.15. The number of methoxy groups -OCH3 is 1. The Bertz CT molecular complexity index is 140. The molecule has 66 valence electrons. The van der Waals surface area contributed by atoms with Crippen LogP contribution < -0.4 is 5.73 Å². The van der Waals surface area contributed by atoms with Crippen LogP contribution in [0.5, 0.6) is 0 Å². The van der Waals surface area contributed by atoms with E-state index in [9.17, 15) is 4.79 Å². The van der Waals surface area contributed by atoms with Gasteiger partial charge in [-0.2, -0.15) is 0 Å². The molecular formula is C7H14ClNO2. The highest BCUT2D eigenvalue weighted by Gasteiger charge is 2.29. The third-order valence-corrected chi connectivity index (χ3v) is 2.13. The molecule has 3 nitrogen and oxygen atoms in total. The van der Waals surface area contributed by atoms with Crippen LogP contribution in [-0.4, -0.2) is 19.1 Å². The second kappa shape index (κ2) is 4.57. The number of ether oxygens (including phenoxy) is 1. The summed E-state index contributed by atoms with van der Waals surface area (Å²) >= 11 is 0. The van der Waals surface area contributed by atoms with Gasteiger partial charge in [-0.1, -0.05) is 0 Å². The molecule has 2 atom stereocenters. The Morgan fingerprint density at radius 3 is 2.55 bits per heavy atom. The molecule has 0 radical (unpaired) electrons. The number of rotatable bonds is 2. The van der Waals surface area contributed by atoms with Gasteiger partial charge in [0.1, 0.15) is 0 Å². The van der Waals surface area contributed by atoms with E-state index in [0.717, 1.165) is 12.8 Å². The SMILES string of the molecule is COC(=O)CC1CCC1N.Cl. The highest BCUT2D eigenvalue weighted by molar-refractivity contribution is 5.85. The first kappa shape index (κ1) is 10.7. The van der Waals surface area contributed by atoms with E-state index in [1.807, 2.05) is 0 Å². The molecule has 1 rings (SSSR count). The number of esters is 1. The van der Waals surface area contributed by atoms with E-state index in [4.69, 9.17) is 5.73 Å². The van der Waals surface area contributed by atoms with Crippen LogP contribution in [0.2, 0.25) is 0 Å². The summed E-state index contributed by atoms with van der Waals surface area (Å²) in [5, 5.41) is 0. The number of hydrogen-bond donors (Lipinski definition) is 1. The van der Waals surface area contributed by atoms with Crippen molar-refractivity contribution in [2.24, 2.45) is 11.7 Å². The summed E-state index contributed by atoms with van der Waals surface area (Å²) in [7, 11) is 1.41. The maximum Gasteiger partial charge on any atom is 0.305 e. The Kier molecular flexibility index (Phi) is 4.45. The largest absolute Gasteiger partial charge is 0.469 e. The van der Waals surface area contributed by atoms with Crippen molar-refractivity contribution in [3.8, 4) is 0 Å². The molecule has 1 saturated carbocycles. The number of carbonyl (C=O) groups is 1. The fourth-order valence-electron chi connectivity index (χ4n) is 1.15. The molecule has 0 saturated heterocycles. The van der Waals surface area contributed by atoms with Crippen LogP contribution >= 0.6 is 12.4 Å². The topological polar surface area (TPSA) is 52.3 Å². The lowest BCUT2D eigenvalue weighted by Crippen LogP contribution is -2.40. The Balaban J connectivity index is 0.000001000. The van der Waals surface area contributed by atoms with Crippen LogP contribution in [0.3, 0.4) is 0 Å². The van der Waals surface area contributed by atoms with Crippen molar-refractivity contribution in [2.45, 2.75) is 25.3 Å². The molecule has 0 heterocycles. The molecule has 0 aromatic rings. The van der Waals surface area contributed by atoms with Gasteiger partial charge < -0.3 is 10.5 Å². The first-order chi connectivity index (χ1) is 4.74. The van der Waals surface area contributed by atoms with Crippen molar-refractivity contribution in [3.05, 3.63) is 0 Å². The minimum Gasteiger partial charge on any atom is -0.469 e. The summed E-state index contributed by atoms with van der Waals surface area (Å²) in [5.41, 5.74) is 5.62. The van der Waals surface area contributed by atoms with Crippen LogP contribution in [0.15, 0.2) is 0 Å². The van der Waals surface area contributed by atoms with Gasteiger partial charge in [-0.05, 0) is 18.8 Å². The third-order valence-electron chi connectivity index (χ3n) is 2.13. The second-order valence-electron chi connectivity index (χ2n) is 2.78. The monoisotopic (exact) mass is 179 g/mol. The molecule has 0 aliphatic heterocycles. The predicted octanol–water partition coefficient (Wildman–Crippen LogP) is 0.709. The summed E-state index contributed by atoms with van der Waals surface area (Å²) in [6.07, 6.45) is 2.63. The number of hydrogen-bond acceptors (Lipinski definition) is 3. The molecule has 1 aliphatic rings. The molecule has 2 N–H and O–H groups in total. The van der Waals surface area contributed by atoms with E-state index in [0.29, 0.717) is 12.3 Å². The van der Waals surface area contributed by atoms with E-state index in [1.165, 1.54) is 7.11 Å². The van der Waals surface area contributed by atoms with Gasteiger partial charge in [0.25, 0.3) is 0 Å². The molecule has 0 amide bonds. The summed E-state index contributed by atoms with van der Waals surface area (Å²) in [4.78, 5) is 10.7. The van der Waals surface area contributed by atoms with E-state index in [1.54, 1.807) is 0 Å². The van der Waals surface area contributed by atoms with Gasteiger partial charge in [0.2, 0.25) is 0 Å². The maximum absolute atomic E-state index is 10.7. The van der Waals surface area contributed by atoms with Crippen LogP contribution in [0.25, 0.3) is 0 Å². The lowest BCUT2D eigenvalue weighted by molar-refractivity contribution is -0.142. The Hall–Kier alpha value is -0.280. The van der Waals surface area contributed by atoms with E-state index >= 15 is 0 Å². The van der Waals surface area contributed by atoms with Gasteiger partial charge in [0.05, 0.1) is 7.11 Å². The molecular weight excluding hydrogens is 166 g/mol. The first-order valence-electron chi connectivity index (χ1n) is 3.56. The molecule has 0 aromatic heterocycles. The summed E-state index contributed by atoms with van der Waals surface area (Å²) in [6, 6.07) is 0.235. The molecule has 1 aliphatic carbocycles. The lowest BCUT2D eigenvalue weighted by atomic mass is 9.78. The minimum absolute atomic E-state index is 0. The van der Waals surface area contributed by atoms with Crippen molar-refractivity contribution in [2.75, 3.05) is 7.11 Å². The third kappa shape index (κ3) is 2.67. The van der Waals surface area contributed by atoms with Crippen LogP contribution in [0.1, 0.15) is 19.3 Å². The smallest absolute Gasteiger partial charge is 0.305 e. The van der Waals surface area contributed by atoms with E-state index in [-0.39, 0.29) is 24.4 Å². The van der Waals surface area contributed by atoms with Gasteiger partial charge in [0.15, 0.2) is 0 Å². The summed E-state index contributed by atoms with van der Waals surface area (Å²) < 4.78 is 4.51. The average molecular weight is 180 g/mol. The van der Waals surface area contributed by atoms with Crippen molar-refractivity contribution in [1.82, 2.24) is 0 Å². The number of halogens is 1. The zero-order valence-electron chi connectivity index (χ0n) is 6.58. The minimum atomic E-state index is -0.139. The molecule has 2 unspecified atom stereocenters. The maximum atomic E-state index is 10.7. The molecule has 0 bridgehead atoms. The van der Waals surface area contributed by atoms with Gasteiger partial charge in [-0.15, -0.1) is 12.4 Å². The van der Waals surface area contributed by atoms with E-state index < -0.39 is 0 Å². The quantitative estimate of drug-likeness (QED) is 0.636. The van der Waals surface area contributed by atoms with E-state index in [2.05, 4.69) is 4.74 Å². The molecule has 4 heteroatoms. The normalized spacial score (nSPS) is 28.2. The highest BCUT2D eigenvalue weighted by atomic mass is 35.5. The van der Waals surface area contributed by atoms with Gasteiger partial charge >= 0.3 is 5.97 Å².